The quantitative estimate of drug-likeness (QED) is 0.915. The van der Waals surface area contributed by atoms with E-state index in [1.54, 1.807) is 25.1 Å². The fraction of sp³-hybridized carbons (Fsp3) is 0.250. The Morgan fingerprint density at radius 3 is 2.57 bits per heavy atom. The molecule has 2 aromatic carbocycles. The van der Waals surface area contributed by atoms with Gasteiger partial charge in [0, 0.05) is 17.2 Å². The molecule has 0 aromatic heterocycles. The molecule has 0 saturated heterocycles. The number of rotatable bonds is 5. The number of aliphatic hydroxyl groups excluding tert-OH is 1. The number of benzene rings is 2. The van der Waals surface area contributed by atoms with Crippen molar-refractivity contribution in [1.29, 1.82) is 0 Å². The topological polar surface area (TPSA) is 38.7 Å². The van der Waals surface area contributed by atoms with E-state index in [-0.39, 0.29) is 12.2 Å². The van der Waals surface area contributed by atoms with Crippen LogP contribution in [0.15, 0.2) is 36.4 Å². The van der Waals surface area contributed by atoms with E-state index in [1.165, 1.54) is 7.11 Å². The summed E-state index contributed by atoms with van der Waals surface area (Å²) in [6.45, 7) is 1.45. The van der Waals surface area contributed by atoms with Crippen molar-refractivity contribution < 1.29 is 23.4 Å². The first-order valence-corrected chi connectivity index (χ1v) is 6.44. The zero-order chi connectivity index (χ0) is 15.4. The molecule has 1 atom stereocenters. The van der Waals surface area contributed by atoms with Crippen LogP contribution in [-0.4, -0.2) is 12.2 Å². The highest BCUT2D eigenvalue weighted by Gasteiger charge is 2.12. The molecule has 0 aliphatic carbocycles. The van der Waals surface area contributed by atoms with Crippen molar-refractivity contribution in [3.05, 3.63) is 59.2 Å². The van der Waals surface area contributed by atoms with Gasteiger partial charge < -0.3 is 14.6 Å². The maximum atomic E-state index is 13.6. The van der Waals surface area contributed by atoms with Gasteiger partial charge in [0.15, 0.2) is 0 Å². The Morgan fingerprint density at radius 1 is 1.14 bits per heavy atom. The number of halogens is 2. The monoisotopic (exact) mass is 294 g/mol. The SMILES string of the molecule is COc1ccc([C@@H](C)O)c(OCc2cc(F)ccc2F)c1. The van der Waals surface area contributed by atoms with Crippen LogP contribution in [0.4, 0.5) is 8.78 Å². The van der Waals surface area contributed by atoms with Gasteiger partial charge in [-0.2, -0.15) is 0 Å². The van der Waals surface area contributed by atoms with E-state index in [0.29, 0.717) is 17.1 Å². The fourth-order valence-electron chi connectivity index (χ4n) is 1.92. The van der Waals surface area contributed by atoms with Gasteiger partial charge in [-0.05, 0) is 37.3 Å². The third-order valence-corrected chi connectivity index (χ3v) is 3.06. The highest BCUT2D eigenvalue weighted by Crippen LogP contribution is 2.30. The highest BCUT2D eigenvalue weighted by atomic mass is 19.1. The summed E-state index contributed by atoms with van der Waals surface area (Å²) in [6, 6.07) is 8.13. The lowest BCUT2D eigenvalue weighted by Crippen LogP contribution is -2.03. The second kappa shape index (κ2) is 6.54. The number of hydrogen-bond acceptors (Lipinski definition) is 3. The summed E-state index contributed by atoms with van der Waals surface area (Å²) in [6.07, 6.45) is -0.747. The Bertz CT molecular complexity index is 627. The average Bonchev–Trinajstić information content (AvgIpc) is 2.47. The zero-order valence-electron chi connectivity index (χ0n) is 11.8. The highest BCUT2D eigenvalue weighted by molar-refractivity contribution is 5.42. The van der Waals surface area contributed by atoms with Gasteiger partial charge in [-0.3, -0.25) is 0 Å². The second-order valence-electron chi connectivity index (χ2n) is 4.60. The largest absolute Gasteiger partial charge is 0.497 e. The molecular formula is C16H16F2O3. The third-order valence-electron chi connectivity index (χ3n) is 3.06. The predicted molar refractivity (Wildman–Crippen MR) is 74.3 cm³/mol. The van der Waals surface area contributed by atoms with Crippen LogP contribution in [0.3, 0.4) is 0 Å². The zero-order valence-corrected chi connectivity index (χ0v) is 11.8. The number of methoxy groups -OCH3 is 1. The summed E-state index contributed by atoms with van der Waals surface area (Å²) >= 11 is 0. The Morgan fingerprint density at radius 2 is 1.90 bits per heavy atom. The first-order valence-electron chi connectivity index (χ1n) is 6.44. The van der Waals surface area contributed by atoms with Crippen molar-refractivity contribution in [3.8, 4) is 11.5 Å². The van der Waals surface area contributed by atoms with Gasteiger partial charge in [0.25, 0.3) is 0 Å². The van der Waals surface area contributed by atoms with E-state index in [4.69, 9.17) is 9.47 Å². The van der Waals surface area contributed by atoms with Crippen LogP contribution in [0.1, 0.15) is 24.2 Å². The molecule has 1 N–H and O–H groups in total. The predicted octanol–water partition coefficient (Wildman–Crippen LogP) is 3.61. The molecule has 0 fully saturated rings. The molecule has 2 aromatic rings. The smallest absolute Gasteiger partial charge is 0.130 e. The molecule has 0 saturated carbocycles. The van der Waals surface area contributed by atoms with Crippen LogP contribution in [-0.2, 0) is 6.61 Å². The van der Waals surface area contributed by atoms with Crippen LogP contribution >= 0.6 is 0 Å². The van der Waals surface area contributed by atoms with Gasteiger partial charge in [0.05, 0.1) is 13.2 Å². The van der Waals surface area contributed by atoms with E-state index in [9.17, 15) is 13.9 Å². The molecule has 3 nitrogen and oxygen atoms in total. The first kappa shape index (κ1) is 15.3. The Kier molecular flexibility index (Phi) is 4.75. The van der Waals surface area contributed by atoms with Crippen molar-refractivity contribution in [2.24, 2.45) is 0 Å². The maximum absolute atomic E-state index is 13.6. The van der Waals surface area contributed by atoms with Gasteiger partial charge in [0.1, 0.15) is 29.7 Å². The minimum atomic E-state index is -0.747. The fourth-order valence-corrected chi connectivity index (χ4v) is 1.92. The van der Waals surface area contributed by atoms with Gasteiger partial charge in [0.2, 0.25) is 0 Å². The summed E-state index contributed by atoms with van der Waals surface area (Å²) in [4.78, 5) is 0. The van der Waals surface area contributed by atoms with Crippen molar-refractivity contribution in [2.45, 2.75) is 19.6 Å². The van der Waals surface area contributed by atoms with Gasteiger partial charge in [-0.15, -0.1) is 0 Å². The molecule has 5 heteroatoms. The average molecular weight is 294 g/mol. The summed E-state index contributed by atoms with van der Waals surface area (Å²) in [5.41, 5.74) is 0.655. The molecule has 0 radical (unpaired) electrons. The minimum absolute atomic E-state index is 0.106. The van der Waals surface area contributed by atoms with Crippen LogP contribution in [0.25, 0.3) is 0 Å². The van der Waals surface area contributed by atoms with Crippen LogP contribution in [0.5, 0.6) is 11.5 Å². The van der Waals surface area contributed by atoms with Crippen molar-refractivity contribution in [3.63, 3.8) is 0 Å². The summed E-state index contributed by atoms with van der Waals surface area (Å²) in [5.74, 6) is -0.156. The summed E-state index contributed by atoms with van der Waals surface area (Å²) < 4.78 is 37.3. The first-order chi connectivity index (χ1) is 10.0. The van der Waals surface area contributed by atoms with E-state index in [0.717, 1.165) is 18.2 Å². The molecule has 0 spiro atoms. The summed E-state index contributed by atoms with van der Waals surface area (Å²) in [7, 11) is 1.51. The van der Waals surface area contributed by atoms with E-state index >= 15 is 0 Å². The minimum Gasteiger partial charge on any atom is -0.497 e. The lowest BCUT2D eigenvalue weighted by molar-refractivity contribution is 0.189. The van der Waals surface area contributed by atoms with E-state index in [2.05, 4.69) is 0 Å². The van der Waals surface area contributed by atoms with Crippen molar-refractivity contribution in [2.75, 3.05) is 7.11 Å². The Hall–Kier alpha value is -2.14. The van der Waals surface area contributed by atoms with Gasteiger partial charge in [-0.1, -0.05) is 0 Å². The lowest BCUT2D eigenvalue weighted by atomic mass is 10.1. The van der Waals surface area contributed by atoms with Gasteiger partial charge in [-0.25, -0.2) is 8.78 Å². The second-order valence-corrected chi connectivity index (χ2v) is 4.60. The van der Waals surface area contributed by atoms with Crippen molar-refractivity contribution in [1.82, 2.24) is 0 Å². The van der Waals surface area contributed by atoms with Crippen LogP contribution in [0, 0.1) is 11.6 Å². The molecule has 0 unspecified atom stereocenters. The molecule has 0 aliphatic rings. The molecule has 0 amide bonds. The number of ether oxygens (including phenoxy) is 2. The molecule has 0 bridgehead atoms. The molecular weight excluding hydrogens is 278 g/mol. The molecule has 112 valence electrons. The summed E-state index contributed by atoms with van der Waals surface area (Å²) in [5, 5.41) is 9.71. The molecule has 0 heterocycles. The third kappa shape index (κ3) is 3.70. The van der Waals surface area contributed by atoms with E-state index < -0.39 is 17.7 Å². The molecule has 0 aliphatic heterocycles. The van der Waals surface area contributed by atoms with E-state index in [1.807, 2.05) is 0 Å². The van der Waals surface area contributed by atoms with Crippen molar-refractivity contribution >= 4 is 0 Å². The van der Waals surface area contributed by atoms with Crippen LogP contribution in [0.2, 0.25) is 0 Å². The number of aliphatic hydroxyl groups is 1. The Balaban J connectivity index is 2.24. The molecule has 21 heavy (non-hydrogen) atoms. The lowest BCUT2D eigenvalue weighted by Gasteiger charge is -2.15. The number of hydrogen-bond donors (Lipinski definition) is 1. The standard InChI is InChI=1S/C16H16F2O3/c1-10(19)14-5-4-13(20-2)8-16(14)21-9-11-7-12(17)3-6-15(11)18/h3-8,10,19H,9H2,1-2H3/t10-/m1/s1. The Labute approximate surface area is 121 Å². The normalized spacial score (nSPS) is 12.0. The maximum Gasteiger partial charge on any atom is 0.130 e. The van der Waals surface area contributed by atoms with Crippen LogP contribution < -0.4 is 9.47 Å². The van der Waals surface area contributed by atoms with Gasteiger partial charge >= 0.3 is 0 Å². The molecule has 2 rings (SSSR count).